The number of unbranched alkanes of at least 4 members (excludes halogenated alkanes) is 24. The van der Waals surface area contributed by atoms with Gasteiger partial charge in [-0.1, -0.05) is 154 Å². The molecule has 0 aliphatic heterocycles. The Balaban J connectivity index is 3.45. The average Bonchev–Trinajstić information content (AvgIpc) is 3.06. The molecule has 0 saturated heterocycles. The summed E-state index contributed by atoms with van der Waals surface area (Å²) in [6.45, 7) is 5.17. The number of hydrogen-bond donors (Lipinski definition) is 0. The molecule has 0 aromatic heterocycles. The van der Waals surface area contributed by atoms with Crippen molar-refractivity contribution in [3.8, 4) is 0 Å². The van der Waals surface area contributed by atoms with Crippen LogP contribution in [0.1, 0.15) is 206 Å². The van der Waals surface area contributed by atoms with Gasteiger partial charge in [0.15, 0.2) is 0 Å². The van der Waals surface area contributed by atoms with Crippen molar-refractivity contribution in [1.29, 1.82) is 0 Å². The fraction of sp³-hybridized carbons (Fsp3) is 0.829. The highest BCUT2D eigenvalue weighted by atomic mass is 16.5. The lowest BCUT2D eigenvalue weighted by molar-refractivity contribution is -0.155. The molecule has 0 atom stereocenters. The lowest BCUT2D eigenvalue weighted by Gasteiger charge is -2.06. The van der Waals surface area contributed by atoms with Crippen molar-refractivity contribution >= 4 is 17.7 Å². The summed E-state index contributed by atoms with van der Waals surface area (Å²) in [4.78, 5) is 35.8. The summed E-state index contributed by atoms with van der Waals surface area (Å²) in [5, 5.41) is 0. The number of carbonyl (C=O) groups is 3. The van der Waals surface area contributed by atoms with Gasteiger partial charge >= 0.3 is 11.9 Å². The van der Waals surface area contributed by atoms with Crippen molar-refractivity contribution in [2.75, 3.05) is 13.2 Å². The van der Waals surface area contributed by atoms with E-state index in [-0.39, 0.29) is 19.4 Å². The highest BCUT2D eigenvalue weighted by Gasteiger charge is 2.17. The topological polar surface area (TPSA) is 69.7 Å². The Hall–Kier alpha value is -1.91. The van der Waals surface area contributed by atoms with Crippen LogP contribution in [0.4, 0.5) is 0 Å². The van der Waals surface area contributed by atoms with E-state index in [0.29, 0.717) is 6.61 Å². The zero-order valence-corrected chi connectivity index (χ0v) is 30.5. The molecule has 0 saturated carbocycles. The Morgan fingerprint density at radius 1 is 0.391 bits per heavy atom. The predicted molar refractivity (Wildman–Crippen MR) is 195 cm³/mol. The molecule has 0 rings (SSSR count). The van der Waals surface area contributed by atoms with E-state index in [2.05, 4.69) is 38.2 Å². The second-order valence-electron chi connectivity index (χ2n) is 13.2. The molecule has 0 aromatic rings. The van der Waals surface area contributed by atoms with Crippen molar-refractivity contribution in [3.63, 3.8) is 0 Å². The van der Waals surface area contributed by atoms with Crippen LogP contribution >= 0.6 is 0 Å². The van der Waals surface area contributed by atoms with Crippen LogP contribution < -0.4 is 0 Å². The first-order valence-electron chi connectivity index (χ1n) is 19.8. The van der Waals surface area contributed by atoms with Gasteiger partial charge in [0.25, 0.3) is 0 Å². The first kappa shape index (κ1) is 44.1. The van der Waals surface area contributed by atoms with Gasteiger partial charge in [0.05, 0.1) is 19.6 Å². The molecule has 0 amide bonds. The molecule has 0 aliphatic rings. The fourth-order valence-electron chi connectivity index (χ4n) is 5.52. The Labute approximate surface area is 285 Å². The van der Waals surface area contributed by atoms with E-state index in [1.165, 1.54) is 141 Å². The third-order valence-electron chi connectivity index (χ3n) is 8.59. The van der Waals surface area contributed by atoms with Gasteiger partial charge in [0.1, 0.15) is 0 Å². The Bertz CT molecular complexity index is 741. The van der Waals surface area contributed by atoms with Crippen molar-refractivity contribution in [3.05, 3.63) is 24.3 Å². The maximum atomic E-state index is 12.0. The first-order chi connectivity index (χ1) is 22.6. The van der Waals surface area contributed by atoms with E-state index in [1.54, 1.807) is 0 Å². The molecule has 0 bridgehead atoms. The Morgan fingerprint density at radius 3 is 1.11 bits per heavy atom. The standard InChI is InChI=1S/C41H74O5/c1-3-5-7-9-11-13-15-17-19-21-23-25-27-29-31-33-37-45-40(43)36-35-39(42)41(44)46-38-34-32-30-28-26-24-22-20-18-16-14-12-10-8-6-4-2/h17-20H,3-16,21-38H2,1-2H3/b19-17-,20-18-. The predicted octanol–water partition coefficient (Wildman–Crippen LogP) is 12.5. The third kappa shape index (κ3) is 35.0. The van der Waals surface area contributed by atoms with Gasteiger partial charge in [0, 0.05) is 6.42 Å². The van der Waals surface area contributed by atoms with Gasteiger partial charge in [-0.25, -0.2) is 4.79 Å². The van der Waals surface area contributed by atoms with Gasteiger partial charge < -0.3 is 9.47 Å². The fourth-order valence-corrected chi connectivity index (χ4v) is 5.52. The van der Waals surface area contributed by atoms with Crippen LogP contribution in [-0.2, 0) is 23.9 Å². The van der Waals surface area contributed by atoms with E-state index in [4.69, 9.17) is 9.47 Å². The van der Waals surface area contributed by atoms with Gasteiger partial charge in [0.2, 0.25) is 5.78 Å². The summed E-state index contributed by atoms with van der Waals surface area (Å²) < 4.78 is 10.3. The molecule has 0 aromatic carbocycles. The van der Waals surface area contributed by atoms with Crippen LogP contribution in [0.5, 0.6) is 0 Å². The number of Topliss-reactive ketones (excluding diaryl/α,β-unsaturated/α-hetero) is 1. The number of ether oxygens (including phenoxy) is 2. The lowest BCUT2D eigenvalue weighted by atomic mass is 10.1. The highest BCUT2D eigenvalue weighted by molar-refractivity contribution is 6.33. The minimum absolute atomic E-state index is 0.0610. The SMILES string of the molecule is CCCCCCCC/C=C\CCCCCCCCOC(=O)CCC(=O)C(=O)OCCCCCCCC/C=C\CCCCCCCC. The van der Waals surface area contributed by atoms with Crippen molar-refractivity contribution < 1.29 is 23.9 Å². The van der Waals surface area contributed by atoms with Crippen molar-refractivity contribution in [2.45, 2.75) is 206 Å². The summed E-state index contributed by atoms with van der Waals surface area (Å²) in [5.41, 5.74) is 0. The summed E-state index contributed by atoms with van der Waals surface area (Å²) in [6, 6.07) is 0. The average molecular weight is 647 g/mol. The summed E-state index contributed by atoms with van der Waals surface area (Å²) in [6.07, 6.45) is 43.6. The molecule has 268 valence electrons. The lowest BCUT2D eigenvalue weighted by Crippen LogP contribution is -2.19. The number of hydrogen-bond acceptors (Lipinski definition) is 5. The van der Waals surface area contributed by atoms with E-state index < -0.39 is 17.7 Å². The van der Waals surface area contributed by atoms with Crippen LogP contribution in [0.15, 0.2) is 24.3 Å². The van der Waals surface area contributed by atoms with Crippen molar-refractivity contribution in [2.24, 2.45) is 0 Å². The maximum absolute atomic E-state index is 12.0. The van der Waals surface area contributed by atoms with Crippen LogP contribution in [0.25, 0.3) is 0 Å². The van der Waals surface area contributed by atoms with E-state index in [1.807, 2.05) is 0 Å². The number of carbonyl (C=O) groups excluding carboxylic acids is 3. The maximum Gasteiger partial charge on any atom is 0.374 e. The molecule has 0 aliphatic carbocycles. The second kappa shape index (κ2) is 37.5. The normalized spacial score (nSPS) is 11.5. The minimum Gasteiger partial charge on any atom is -0.466 e. The molecule has 0 radical (unpaired) electrons. The molecule has 0 unspecified atom stereocenters. The molecule has 0 heterocycles. The molecule has 0 N–H and O–H groups in total. The van der Waals surface area contributed by atoms with Crippen LogP contribution in [0.3, 0.4) is 0 Å². The van der Waals surface area contributed by atoms with E-state index in [9.17, 15) is 14.4 Å². The van der Waals surface area contributed by atoms with Gasteiger partial charge in [-0.15, -0.1) is 0 Å². The highest BCUT2D eigenvalue weighted by Crippen LogP contribution is 2.12. The quantitative estimate of drug-likeness (QED) is 0.0293. The van der Waals surface area contributed by atoms with E-state index in [0.717, 1.165) is 38.5 Å². The smallest absolute Gasteiger partial charge is 0.374 e. The third-order valence-corrected chi connectivity index (χ3v) is 8.59. The number of esters is 2. The van der Waals surface area contributed by atoms with E-state index >= 15 is 0 Å². The number of allylic oxidation sites excluding steroid dienone is 4. The molecule has 46 heavy (non-hydrogen) atoms. The molecule has 0 fully saturated rings. The van der Waals surface area contributed by atoms with Crippen molar-refractivity contribution in [1.82, 2.24) is 0 Å². The van der Waals surface area contributed by atoms with Crippen LogP contribution in [-0.4, -0.2) is 30.9 Å². The summed E-state index contributed by atoms with van der Waals surface area (Å²) in [5.74, 6) is -1.88. The Morgan fingerprint density at radius 2 is 0.717 bits per heavy atom. The van der Waals surface area contributed by atoms with Gasteiger partial charge in [-0.05, 0) is 64.2 Å². The zero-order valence-electron chi connectivity index (χ0n) is 30.5. The summed E-state index contributed by atoms with van der Waals surface area (Å²) >= 11 is 0. The first-order valence-corrected chi connectivity index (χ1v) is 19.8. The minimum atomic E-state index is -0.825. The van der Waals surface area contributed by atoms with Gasteiger partial charge in [-0.3, -0.25) is 9.59 Å². The molecule has 5 heteroatoms. The number of rotatable bonds is 36. The monoisotopic (exact) mass is 647 g/mol. The largest absolute Gasteiger partial charge is 0.466 e. The molecule has 5 nitrogen and oxygen atoms in total. The van der Waals surface area contributed by atoms with Gasteiger partial charge in [-0.2, -0.15) is 0 Å². The van der Waals surface area contributed by atoms with Crippen LogP contribution in [0, 0.1) is 0 Å². The molecular formula is C41H74O5. The summed E-state index contributed by atoms with van der Waals surface area (Å²) in [7, 11) is 0. The number of ketones is 1. The molecular weight excluding hydrogens is 572 g/mol. The molecule has 0 spiro atoms. The van der Waals surface area contributed by atoms with Crippen LogP contribution in [0.2, 0.25) is 0 Å². The second-order valence-corrected chi connectivity index (χ2v) is 13.2. The zero-order chi connectivity index (χ0) is 33.6. The Kier molecular flexibility index (Phi) is 36.0.